The summed E-state index contributed by atoms with van der Waals surface area (Å²) >= 11 is 0. The number of benzene rings is 3. The average molecular weight is 454 g/mol. The molecule has 0 aliphatic carbocycles. The second-order valence-corrected chi connectivity index (χ2v) is 9.65. The van der Waals surface area contributed by atoms with Crippen molar-refractivity contribution in [3.8, 4) is 0 Å². The number of hydrogen-bond donors (Lipinski definition) is 0. The molecule has 0 unspecified atom stereocenters. The van der Waals surface area contributed by atoms with Crippen LogP contribution in [0.5, 0.6) is 0 Å². The summed E-state index contributed by atoms with van der Waals surface area (Å²) in [4.78, 5) is 20.6. The molecule has 4 heteroatoms. The Labute approximate surface area is 203 Å². The lowest BCUT2D eigenvalue weighted by atomic mass is 9.94. The SMILES string of the molecule is O=C([C@H]1CCCN(Cc2ccccc2)C1)N1CCN(C(c2ccccc2)c2ccccc2)CC1. The molecular formula is C30H35N3O. The fourth-order valence-corrected chi connectivity index (χ4v) is 5.59. The van der Waals surface area contributed by atoms with E-state index in [-0.39, 0.29) is 12.0 Å². The van der Waals surface area contributed by atoms with E-state index < -0.39 is 0 Å². The van der Waals surface area contributed by atoms with Crippen LogP contribution in [0.4, 0.5) is 0 Å². The van der Waals surface area contributed by atoms with E-state index in [0.717, 1.165) is 58.7 Å². The molecule has 34 heavy (non-hydrogen) atoms. The Kier molecular flexibility index (Phi) is 7.37. The molecule has 2 fully saturated rings. The zero-order valence-electron chi connectivity index (χ0n) is 19.9. The van der Waals surface area contributed by atoms with Gasteiger partial charge in [0.05, 0.1) is 12.0 Å². The van der Waals surface area contributed by atoms with Crippen LogP contribution in [-0.2, 0) is 11.3 Å². The number of nitrogens with zero attached hydrogens (tertiary/aromatic N) is 3. The van der Waals surface area contributed by atoms with Crippen LogP contribution in [-0.4, -0.2) is 59.9 Å². The summed E-state index contributed by atoms with van der Waals surface area (Å²) in [7, 11) is 0. The molecule has 176 valence electrons. The van der Waals surface area contributed by atoms with Crippen LogP contribution in [0, 0.1) is 5.92 Å². The third-order valence-corrected chi connectivity index (χ3v) is 7.33. The molecule has 3 aromatic carbocycles. The van der Waals surface area contributed by atoms with E-state index in [9.17, 15) is 4.79 Å². The van der Waals surface area contributed by atoms with Crippen molar-refractivity contribution in [2.24, 2.45) is 5.92 Å². The van der Waals surface area contributed by atoms with Gasteiger partial charge in [-0.15, -0.1) is 0 Å². The van der Waals surface area contributed by atoms with Gasteiger partial charge in [-0.05, 0) is 36.1 Å². The number of rotatable bonds is 6. The number of piperazine rings is 1. The van der Waals surface area contributed by atoms with Crippen molar-refractivity contribution in [2.45, 2.75) is 25.4 Å². The Hall–Kier alpha value is -2.95. The standard InChI is InChI=1S/C30H35N3O/c34-30(28-17-10-18-31(24-28)23-25-11-4-1-5-12-25)33-21-19-32(20-22-33)29(26-13-6-2-7-14-26)27-15-8-3-9-16-27/h1-9,11-16,28-29H,10,17-24H2/t28-/m0/s1. The van der Waals surface area contributed by atoms with Crippen LogP contribution in [0.1, 0.15) is 35.6 Å². The van der Waals surface area contributed by atoms with Crippen LogP contribution in [0.25, 0.3) is 0 Å². The molecule has 0 spiro atoms. The summed E-state index contributed by atoms with van der Waals surface area (Å²) in [6, 6.07) is 32.4. The fraction of sp³-hybridized carbons (Fsp3) is 0.367. The molecule has 4 nitrogen and oxygen atoms in total. The van der Waals surface area contributed by atoms with Gasteiger partial charge in [-0.25, -0.2) is 0 Å². The predicted octanol–water partition coefficient (Wildman–Crippen LogP) is 4.83. The van der Waals surface area contributed by atoms with Crippen LogP contribution >= 0.6 is 0 Å². The molecule has 5 rings (SSSR count). The molecule has 0 aromatic heterocycles. The van der Waals surface area contributed by atoms with E-state index in [4.69, 9.17) is 0 Å². The minimum absolute atomic E-state index is 0.128. The van der Waals surface area contributed by atoms with Gasteiger partial charge in [0.2, 0.25) is 5.91 Å². The molecule has 2 aliphatic heterocycles. The molecule has 1 atom stereocenters. The molecule has 0 N–H and O–H groups in total. The van der Waals surface area contributed by atoms with Crippen LogP contribution < -0.4 is 0 Å². The van der Waals surface area contributed by atoms with Gasteiger partial charge in [0.25, 0.3) is 0 Å². The minimum atomic E-state index is 0.128. The molecule has 3 aromatic rings. The van der Waals surface area contributed by atoms with Gasteiger partial charge in [0.1, 0.15) is 0 Å². The van der Waals surface area contributed by atoms with Crippen LogP contribution in [0.3, 0.4) is 0 Å². The maximum absolute atomic E-state index is 13.4. The quantitative estimate of drug-likeness (QED) is 0.535. The van der Waals surface area contributed by atoms with Gasteiger partial charge >= 0.3 is 0 Å². The maximum atomic E-state index is 13.4. The lowest BCUT2D eigenvalue weighted by molar-refractivity contribution is -0.139. The second-order valence-electron chi connectivity index (χ2n) is 9.65. The summed E-state index contributed by atoms with van der Waals surface area (Å²) in [5, 5.41) is 0. The number of piperidine rings is 1. The summed E-state index contributed by atoms with van der Waals surface area (Å²) in [5.74, 6) is 0.483. The first kappa shape index (κ1) is 22.8. The lowest BCUT2D eigenvalue weighted by Crippen LogP contribution is -2.53. The molecule has 0 bridgehead atoms. The third kappa shape index (κ3) is 5.40. The van der Waals surface area contributed by atoms with E-state index in [1.165, 1.54) is 16.7 Å². The summed E-state index contributed by atoms with van der Waals surface area (Å²) in [5.41, 5.74) is 3.96. The zero-order valence-corrected chi connectivity index (χ0v) is 19.9. The average Bonchev–Trinajstić information content (AvgIpc) is 2.91. The normalized spacial score (nSPS) is 19.9. The fourth-order valence-electron chi connectivity index (χ4n) is 5.59. The Morgan fingerprint density at radius 1 is 0.735 bits per heavy atom. The Balaban J connectivity index is 1.21. The molecule has 0 radical (unpaired) electrons. The summed E-state index contributed by atoms with van der Waals surface area (Å²) < 4.78 is 0. The lowest BCUT2D eigenvalue weighted by Gasteiger charge is -2.42. The number of amides is 1. The van der Waals surface area contributed by atoms with Gasteiger partial charge in [-0.1, -0.05) is 91.0 Å². The van der Waals surface area contributed by atoms with E-state index in [1.54, 1.807) is 0 Å². The van der Waals surface area contributed by atoms with Crippen molar-refractivity contribution in [1.82, 2.24) is 14.7 Å². The number of carbonyl (C=O) groups excluding carboxylic acids is 1. The molecule has 0 saturated carbocycles. The highest BCUT2D eigenvalue weighted by Gasteiger charge is 2.33. The molecular weight excluding hydrogens is 418 g/mol. The largest absolute Gasteiger partial charge is 0.340 e. The van der Waals surface area contributed by atoms with E-state index in [2.05, 4.69) is 106 Å². The molecule has 2 aliphatic rings. The minimum Gasteiger partial charge on any atom is -0.340 e. The topological polar surface area (TPSA) is 26.8 Å². The highest BCUT2D eigenvalue weighted by molar-refractivity contribution is 5.79. The van der Waals surface area contributed by atoms with E-state index in [0.29, 0.717) is 5.91 Å². The van der Waals surface area contributed by atoms with Gasteiger partial charge in [0.15, 0.2) is 0 Å². The zero-order chi connectivity index (χ0) is 23.2. The Morgan fingerprint density at radius 2 is 1.29 bits per heavy atom. The van der Waals surface area contributed by atoms with Gasteiger partial charge in [-0.3, -0.25) is 14.6 Å². The molecule has 2 heterocycles. The van der Waals surface area contributed by atoms with Gasteiger partial charge in [-0.2, -0.15) is 0 Å². The predicted molar refractivity (Wildman–Crippen MR) is 137 cm³/mol. The van der Waals surface area contributed by atoms with Crippen molar-refractivity contribution in [3.05, 3.63) is 108 Å². The van der Waals surface area contributed by atoms with Crippen molar-refractivity contribution in [1.29, 1.82) is 0 Å². The Morgan fingerprint density at radius 3 is 1.88 bits per heavy atom. The number of likely N-dealkylation sites (tertiary alicyclic amines) is 1. The highest BCUT2D eigenvalue weighted by Crippen LogP contribution is 2.30. The summed E-state index contributed by atoms with van der Waals surface area (Å²) in [6.45, 7) is 6.33. The number of carbonyl (C=O) groups is 1. The van der Waals surface area contributed by atoms with Gasteiger partial charge < -0.3 is 4.90 Å². The van der Waals surface area contributed by atoms with Crippen molar-refractivity contribution >= 4 is 5.91 Å². The van der Waals surface area contributed by atoms with Crippen LogP contribution in [0.2, 0.25) is 0 Å². The monoisotopic (exact) mass is 453 g/mol. The van der Waals surface area contributed by atoms with Crippen LogP contribution in [0.15, 0.2) is 91.0 Å². The highest BCUT2D eigenvalue weighted by atomic mass is 16.2. The van der Waals surface area contributed by atoms with Crippen molar-refractivity contribution in [2.75, 3.05) is 39.3 Å². The van der Waals surface area contributed by atoms with Gasteiger partial charge in [0, 0.05) is 39.3 Å². The first-order chi connectivity index (χ1) is 16.8. The smallest absolute Gasteiger partial charge is 0.227 e. The first-order valence-corrected chi connectivity index (χ1v) is 12.7. The summed E-state index contributed by atoms with van der Waals surface area (Å²) in [6.07, 6.45) is 2.12. The third-order valence-electron chi connectivity index (χ3n) is 7.33. The van der Waals surface area contributed by atoms with Crippen molar-refractivity contribution in [3.63, 3.8) is 0 Å². The molecule has 1 amide bonds. The molecule has 2 saturated heterocycles. The van der Waals surface area contributed by atoms with E-state index >= 15 is 0 Å². The van der Waals surface area contributed by atoms with E-state index in [1.807, 2.05) is 0 Å². The van der Waals surface area contributed by atoms with Crippen molar-refractivity contribution < 1.29 is 4.79 Å². The Bertz CT molecular complexity index is 993. The maximum Gasteiger partial charge on any atom is 0.227 e. The number of hydrogen-bond acceptors (Lipinski definition) is 3. The second kappa shape index (κ2) is 11.0. The first-order valence-electron chi connectivity index (χ1n) is 12.7.